The maximum atomic E-state index is 2.43. The minimum atomic E-state index is 1.16. The van der Waals surface area contributed by atoms with Crippen LogP contribution >= 0.6 is 0 Å². The van der Waals surface area contributed by atoms with Crippen molar-refractivity contribution < 1.29 is 0 Å². The number of hydrogen-bond donors (Lipinski definition) is 0. The fourth-order valence-corrected chi connectivity index (χ4v) is 7.59. The van der Waals surface area contributed by atoms with Gasteiger partial charge in [0.2, 0.25) is 0 Å². The standard InChI is InChI=1S/C46H30N2/c1-2-10-31(11-3-1)33-18-20-34(21-19-33)35-22-25-37(26-23-35)47-43-16-8-6-14-39(43)41-30-46-42(29-45(41)47)40-15-7-9-17-44(40)48(46)38-27-24-32-12-4-5-13-36(32)28-38/h1-30H. The molecule has 0 amide bonds. The number of fused-ring (bicyclic) bond motifs is 7. The van der Waals surface area contributed by atoms with Gasteiger partial charge in [0, 0.05) is 32.9 Å². The van der Waals surface area contributed by atoms with Crippen molar-refractivity contribution in [2.24, 2.45) is 0 Å². The monoisotopic (exact) mass is 610 g/mol. The largest absolute Gasteiger partial charge is 0.309 e. The number of benzene rings is 8. The van der Waals surface area contributed by atoms with E-state index in [1.54, 1.807) is 0 Å². The van der Waals surface area contributed by atoms with Crippen LogP contribution in [0, 0.1) is 0 Å². The summed E-state index contributed by atoms with van der Waals surface area (Å²) in [5, 5.41) is 7.52. The van der Waals surface area contributed by atoms with Crippen molar-refractivity contribution in [2.75, 3.05) is 0 Å². The highest BCUT2D eigenvalue weighted by Crippen LogP contribution is 2.40. The molecule has 8 aromatic carbocycles. The van der Waals surface area contributed by atoms with Gasteiger partial charge in [-0.15, -0.1) is 0 Å². The fraction of sp³-hybridized carbons (Fsp3) is 0. The molecule has 224 valence electrons. The Morgan fingerprint density at radius 1 is 0.250 bits per heavy atom. The van der Waals surface area contributed by atoms with Crippen LogP contribution in [0.15, 0.2) is 182 Å². The summed E-state index contributed by atoms with van der Waals surface area (Å²) in [5.74, 6) is 0. The van der Waals surface area contributed by atoms with Gasteiger partial charge in [0.25, 0.3) is 0 Å². The van der Waals surface area contributed by atoms with Gasteiger partial charge in [-0.05, 0) is 81.6 Å². The molecule has 0 saturated carbocycles. The smallest absolute Gasteiger partial charge is 0.0548 e. The van der Waals surface area contributed by atoms with E-state index in [1.165, 1.54) is 82.3 Å². The molecule has 0 radical (unpaired) electrons. The van der Waals surface area contributed by atoms with E-state index in [4.69, 9.17) is 0 Å². The molecule has 0 aliphatic carbocycles. The minimum Gasteiger partial charge on any atom is -0.309 e. The third-order valence-electron chi connectivity index (χ3n) is 9.91. The van der Waals surface area contributed by atoms with Crippen LogP contribution in [0.4, 0.5) is 0 Å². The molecule has 0 N–H and O–H groups in total. The first-order valence-corrected chi connectivity index (χ1v) is 16.5. The maximum absolute atomic E-state index is 2.43. The lowest BCUT2D eigenvalue weighted by atomic mass is 10.0. The van der Waals surface area contributed by atoms with Gasteiger partial charge < -0.3 is 9.13 Å². The van der Waals surface area contributed by atoms with E-state index in [0.717, 1.165) is 5.69 Å². The zero-order chi connectivity index (χ0) is 31.6. The Morgan fingerprint density at radius 2 is 0.688 bits per heavy atom. The van der Waals surface area contributed by atoms with Gasteiger partial charge in [0.05, 0.1) is 22.1 Å². The summed E-state index contributed by atoms with van der Waals surface area (Å²) in [4.78, 5) is 0. The van der Waals surface area contributed by atoms with Gasteiger partial charge in [-0.25, -0.2) is 0 Å². The number of hydrogen-bond acceptors (Lipinski definition) is 0. The molecule has 2 heteroatoms. The lowest BCUT2D eigenvalue weighted by Crippen LogP contribution is -1.95. The Kier molecular flexibility index (Phi) is 5.91. The van der Waals surface area contributed by atoms with Crippen LogP contribution in [-0.4, -0.2) is 9.13 Å². The second-order valence-corrected chi connectivity index (χ2v) is 12.6. The zero-order valence-corrected chi connectivity index (χ0v) is 26.2. The molecule has 0 aliphatic rings. The van der Waals surface area contributed by atoms with E-state index in [1.807, 2.05) is 0 Å². The number of nitrogens with zero attached hydrogens (tertiary/aromatic N) is 2. The van der Waals surface area contributed by atoms with Crippen molar-refractivity contribution in [1.82, 2.24) is 9.13 Å². The number of para-hydroxylation sites is 2. The van der Waals surface area contributed by atoms with Crippen molar-refractivity contribution in [3.05, 3.63) is 182 Å². The summed E-state index contributed by atoms with van der Waals surface area (Å²) in [6, 6.07) is 66.2. The lowest BCUT2D eigenvalue weighted by Gasteiger charge is -2.11. The molecule has 0 aliphatic heterocycles. The fourth-order valence-electron chi connectivity index (χ4n) is 7.59. The first-order valence-electron chi connectivity index (χ1n) is 16.5. The van der Waals surface area contributed by atoms with Crippen molar-refractivity contribution in [3.8, 4) is 33.6 Å². The van der Waals surface area contributed by atoms with Crippen LogP contribution in [-0.2, 0) is 0 Å². The van der Waals surface area contributed by atoms with Crippen LogP contribution in [0.25, 0.3) is 88.0 Å². The molecule has 0 atom stereocenters. The molecule has 2 nitrogen and oxygen atoms in total. The van der Waals surface area contributed by atoms with Crippen molar-refractivity contribution >= 4 is 54.4 Å². The lowest BCUT2D eigenvalue weighted by molar-refractivity contribution is 1.18. The molecule has 10 aromatic rings. The third kappa shape index (κ3) is 4.13. The molecule has 0 saturated heterocycles. The molecule has 0 unspecified atom stereocenters. The van der Waals surface area contributed by atoms with Gasteiger partial charge in [-0.1, -0.05) is 133 Å². The van der Waals surface area contributed by atoms with Crippen molar-refractivity contribution in [1.29, 1.82) is 0 Å². The van der Waals surface area contributed by atoms with Gasteiger partial charge in [-0.3, -0.25) is 0 Å². The average Bonchev–Trinajstić information content (AvgIpc) is 3.66. The van der Waals surface area contributed by atoms with E-state index in [0.29, 0.717) is 0 Å². The van der Waals surface area contributed by atoms with Gasteiger partial charge in [0.15, 0.2) is 0 Å². The molecule has 0 bridgehead atoms. The SMILES string of the molecule is c1ccc(-c2ccc(-c3ccc(-n4c5ccccc5c5cc6c(cc54)c4ccccc4n6-c4ccc5ccccc5c4)cc3)cc2)cc1. The first-order chi connectivity index (χ1) is 23.8. The quantitative estimate of drug-likeness (QED) is 0.188. The summed E-state index contributed by atoms with van der Waals surface area (Å²) in [6.45, 7) is 0. The Balaban J connectivity index is 1.15. The Hall–Kier alpha value is -6.38. The van der Waals surface area contributed by atoms with E-state index < -0.39 is 0 Å². The normalized spacial score (nSPS) is 11.8. The van der Waals surface area contributed by atoms with E-state index in [2.05, 4.69) is 191 Å². The summed E-state index contributed by atoms with van der Waals surface area (Å²) < 4.78 is 4.86. The van der Waals surface area contributed by atoms with E-state index in [-0.39, 0.29) is 0 Å². The zero-order valence-electron chi connectivity index (χ0n) is 26.2. The predicted molar refractivity (Wildman–Crippen MR) is 203 cm³/mol. The molecule has 2 aromatic heterocycles. The Morgan fingerprint density at radius 3 is 1.29 bits per heavy atom. The van der Waals surface area contributed by atoms with Crippen LogP contribution < -0.4 is 0 Å². The summed E-state index contributed by atoms with van der Waals surface area (Å²) in [6.07, 6.45) is 0. The van der Waals surface area contributed by atoms with Crippen LogP contribution in [0.1, 0.15) is 0 Å². The molecule has 2 heterocycles. The maximum Gasteiger partial charge on any atom is 0.0548 e. The van der Waals surface area contributed by atoms with Gasteiger partial charge in [-0.2, -0.15) is 0 Å². The molecule has 0 spiro atoms. The summed E-state index contributed by atoms with van der Waals surface area (Å²) in [7, 11) is 0. The van der Waals surface area contributed by atoms with Crippen LogP contribution in [0.2, 0.25) is 0 Å². The molecule has 10 rings (SSSR count). The van der Waals surface area contributed by atoms with Gasteiger partial charge in [0.1, 0.15) is 0 Å². The number of aromatic nitrogens is 2. The summed E-state index contributed by atoms with van der Waals surface area (Å²) >= 11 is 0. The average molecular weight is 611 g/mol. The highest BCUT2D eigenvalue weighted by molar-refractivity contribution is 6.19. The first kappa shape index (κ1) is 26.8. The van der Waals surface area contributed by atoms with Crippen molar-refractivity contribution in [2.45, 2.75) is 0 Å². The molecular weight excluding hydrogens is 581 g/mol. The minimum absolute atomic E-state index is 1.16. The second kappa shape index (κ2) is 10.6. The second-order valence-electron chi connectivity index (χ2n) is 12.6. The predicted octanol–water partition coefficient (Wildman–Crippen LogP) is 12.4. The van der Waals surface area contributed by atoms with Crippen molar-refractivity contribution in [3.63, 3.8) is 0 Å². The third-order valence-corrected chi connectivity index (χ3v) is 9.91. The topological polar surface area (TPSA) is 9.86 Å². The van der Waals surface area contributed by atoms with E-state index in [9.17, 15) is 0 Å². The highest BCUT2D eigenvalue weighted by Gasteiger charge is 2.18. The Bertz CT molecular complexity index is 2800. The van der Waals surface area contributed by atoms with E-state index >= 15 is 0 Å². The summed E-state index contributed by atoms with van der Waals surface area (Å²) in [5.41, 5.74) is 12.1. The van der Waals surface area contributed by atoms with Crippen LogP contribution in [0.5, 0.6) is 0 Å². The highest BCUT2D eigenvalue weighted by atomic mass is 15.0. The molecule has 0 fully saturated rings. The van der Waals surface area contributed by atoms with Crippen LogP contribution in [0.3, 0.4) is 0 Å². The molecule has 48 heavy (non-hydrogen) atoms. The Labute approximate surface area is 278 Å². The number of rotatable bonds is 4. The molecular formula is C46H30N2. The van der Waals surface area contributed by atoms with Gasteiger partial charge >= 0.3 is 0 Å².